The Labute approximate surface area is 110 Å². The van der Waals surface area contributed by atoms with Gasteiger partial charge in [0.05, 0.1) is 6.54 Å². The second kappa shape index (κ2) is 6.50. The van der Waals surface area contributed by atoms with Crippen molar-refractivity contribution in [3.8, 4) is 0 Å². The Kier molecular flexibility index (Phi) is 4.97. The second-order valence-corrected chi connectivity index (χ2v) is 5.66. The summed E-state index contributed by atoms with van der Waals surface area (Å²) in [6.45, 7) is 6.36. The lowest BCUT2D eigenvalue weighted by atomic mass is 10.2. The minimum Gasteiger partial charge on any atom is -0.339 e. The van der Waals surface area contributed by atoms with E-state index in [-0.39, 0.29) is 0 Å². The Morgan fingerprint density at radius 1 is 1.28 bits per heavy atom. The van der Waals surface area contributed by atoms with Crippen LogP contribution in [0.3, 0.4) is 0 Å². The minimum absolute atomic E-state index is 0.308. The summed E-state index contributed by atoms with van der Waals surface area (Å²) in [6.07, 6.45) is 2.46. The van der Waals surface area contributed by atoms with Crippen LogP contribution in [0.15, 0.2) is 0 Å². The molecule has 5 heteroatoms. The number of piperazine rings is 1. The highest BCUT2D eigenvalue weighted by molar-refractivity contribution is 5.78. The van der Waals surface area contributed by atoms with Crippen molar-refractivity contribution in [3.05, 3.63) is 0 Å². The Morgan fingerprint density at radius 3 is 2.67 bits per heavy atom. The van der Waals surface area contributed by atoms with Gasteiger partial charge in [0.25, 0.3) is 0 Å². The summed E-state index contributed by atoms with van der Waals surface area (Å²) in [5.74, 6) is 0.308. The fraction of sp³-hybridized carbons (Fsp3) is 0.923. The maximum atomic E-state index is 12.2. The highest BCUT2D eigenvalue weighted by Crippen LogP contribution is 2.17. The molecule has 18 heavy (non-hydrogen) atoms. The van der Waals surface area contributed by atoms with Crippen molar-refractivity contribution in [2.24, 2.45) is 0 Å². The summed E-state index contributed by atoms with van der Waals surface area (Å²) in [5.41, 5.74) is 0. The van der Waals surface area contributed by atoms with Gasteiger partial charge in [-0.1, -0.05) is 0 Å². The van der Waals surface area contributed by atoms with Crippen LogP contribution in [0.4, 0.5) is 0 Å². The van der Waals surface area contributed by atoms with Crippen molar-refractivity contribution in [2.45, 2.75) is 18.9 Å². The molecule has 0 radical (unpaired) electrons. The molecule has 5 nitrogen and oxygen atoms in total. The zero-order valence-corrected chi connectivity index (χ0v) is 11.7. The van der Waals surface area contributed by atoms with E-state index < -0.39 is 0 Å². The predicted molar refractivity (Wildman–Crippen MR) is 72.6 cm³/mol. The Balaban J connectivity index is 1.81. The van der Waals surface area contributed by atoms with E-state index in [1.54, 1.807) is 0 Å². The molecule has 2 aliphatic rings. The fourth-order valence-electron chi connectivity index (χ4n) is 2.92. The molecular formula is C13H26N4O. The number of likely N-dealkylation sites (tertiary alicyclic amines) is 1. The van der Waals surface area contributed by atoms with Crippen molar-refractivity contribution in [3.63, 3.8) is 0 Å². The van der Waals surface area contributed by atoms with Crippen molar-refractivity contribution in [1.82, 2.24) is 20.0 Å². The summed E-state index contributed by atoms with van der Waals surface area (Å²) in [4.78, 5) is 18.8. The summed E-state index contributed by atoms with van der Waals surface area (Å²) in [7, 11) is 4.21. The molecule has 104 valence electrons. The van der Waals surface area contributed by atoms with E-state index in [2.05, 4.69) is 29.2 Å². The smallest absolute Gasteiger partial charge is 0.236 e. The van der Waals surface area contributed by atoms with Gasteiger partial charge in [0.2, 0.25) is 5.91 Å². The number of carbonyl (C=O) groups is 1. The number of nitrogens with zero attached hydrogens (tertiary/aromatic N) is 3. The van der Waals surface area contributed by atoms with E-state index in [4.69, 9.17) is 0 Å². The molecule has 1 amide bonds. The summed E-state index contributed by atoms with van der Waals surface area (Å²) in [5, 5.41) is 3.28. The van der Waals surface area contributed by atoms with Crippen LogP contribution in [-0.4, -0.2) is 86.6 Å². The third kappa shape index (κ3) is 3.67. The SMILES string of the molecule is CN(C)CC1CCCN1CC(=O)N1CCNCC1. The Bertz CT molecular complexity index is 276. The van der Waals surface area contributed by atoms with E-state index in [1.807, 2.05) is 4.90 Å². The fourth-order valence-corrected chi connectivity index (χ4v) is 2.92. The largest absolute Gasteiger partial charge is 0.339 e. The van der Waals surface area contributed by atoms with Gasteiger partial charge in [-0.15, -0.1) is 0 Å². The molecule has 2 fully saturated rings. The number of carbonyl (C=O) groups excluding carboxylic acids is 1. The van der Waals surface area contributed by atoms with E-state index in [1.165, 1.54) is 12.8 Å². The maximum Gasteiger partial charge on any atom is 0.236 e. The van der Waals surface area contributed by atoms with Crippen LogP contribution >= 0.6 is 0 Å². The minimum atomic E-state index is 0.308. The van der Waals surface area contributed by atoms with Crippen molar-refractivity contribution < 1.29 is 4.79 Å². The number of likely N-dealkylation sites (N-methyl/N-ethyl adjacent to an activating group) is 1. The predicted octanol–water partition coefficient (Wildman–Crippen LogP) is -0.556. The number of rotatable bonds is 4. The first-order valence-corrected chi connectivity index (χ1v) is 7.04. The molecule has 0 spiro atoms. The number of amides is 1. The third-order valence-electron chi connectivity index (χ3n) is 3.88. The third-order valence-corrected chi connectivity index (χ3v) is 3.88. The van der Waals surface area contributed by atoms with E-state index in [0.717, 1.165) is 39.3 Å². The first kappa shape index (κ1) is 13.8. The molecule has 2 aliphatic heterocycles. The summed E-state index contributed by atoms with van der Waals surface area (Å²) in [6, 6.07) is 0.562. The number of hydrogen-bond acceptors (Lipinski definition) is 4. The van der Waals surface area contributed by atoms with Gasteiger partial charge in [0, 0.05) is 38.8 Å². The molecule has 2 rings (SSSR count). The van der Waals surface area contributed by atoms with E-state index >= 15 is 0 Å². The highest BCUT2D eigenvalue weighted by atomic mass is 16.2. The number of hydrogen-bond donors (Lipinski definition) is 1. The standard InChI is InChI=1S/C13H26N4O/c1-15(2)10-12-4-3-7-17(12)11-13(18)16-8-5-14-6-9-16/h12,14H,3-11H2,1-2H3. The molecule has 0 aromatic carbocycles. The van der Waals surface area contributed by atoms with Crippen LogP contribution in [0.1, 0.15) is 12.8 Å². The average molecular weight is 254 g/mol. The lowest BCUT2D eigenvalue weighted by Gasteiger charge is -2.31. The van der Waals surface area contributed by atoms with Crippen molar-refractivity contribution >= 4 is 5.91 Å². The van der Waals surface area contributed by atoms with Gasteiger partial charge in [-0.2, -0.15) is 0 Å². The van der Waals surface area contributed by atoms with Crippen molar-refractivity contribution in [2.75, 3.05) is 59.9 Å². The molecule has 2 heterocycles. The molecule has 0 aromatic rings. The molecule has 0 aliphatic carbocycles. The quantitative estimate of drug-likeness (QED) is 0.730. The topological polar surface area (TPSA) is 38.8 Å². The highest BCUT2D eigenvalue weighted by Gasteiger charge is 2.28. The van der Waals surface area contributed by atoms with Gasteiger partial charge in [0.15, 0.2) is 0 Å². The summed E-state index contributed by atoms with van der Waals surface area (Å²) < 4.78 is 0. The normalized spacial score (nSPS) is 25.9. The van der Waals surface area contributed by atoms with Crippen molar-refractivity contribution in [1.29, 1.82) is 0 Å². The summed E-state index contributed by atoms with van der Waals surface area (Å²) >= 11 is 0. The maximum absolute atomic E-state index is 12.2. The molecule has 1 unspecified atom stereocenters. The monoisotopic (exact) mass is 254 g/mol. The van der Waals surface area contributed by atoms with E-state index in [0.29, 0.717) is 18.5 Å². The molecule has 0 bridgehead atoms. The zero-order valence-electron chi connectivity index (χ0n) is 11.7. The van der Waals surface area contributed by atoms with Crippen LogP contribution in [0, 0.1) is 0 Å². The van der Waals surface area contributed by atoms with Crippen LogP contribution < -0.4 is 5.32 Å². The lowest BCUT2D eigenvalue weighted by Crippen LogP contribution is -2.50. The van der Waals surface area contributed by atoms with Crippen LogP contribution in [0.2, 0.25) is 0 Å². The first-order chi connectivity index (χ1) is 8.66. The van der Waals surface area contributed by atoms with Gasteiger partial charge in [-0.05, 0) is 33.5 Å². The average Bonchev–Trinajstić information content (AvgIpc) is 2.77. The molecule has 2 saturated heterocycles. The first-order valence-electron chi connectivity index (χ1n) is 7.04. The number of nitrogens with one attached hydrogen (secondary N) is 1. The molecule has 1 N–H and O–H groups in total. The van der Waals surface area contributed by atoms with E-state index in [9.17, 15) is 4.79 Å². The van der Waals surface area contributed by atoms with Gasteiger partial charge in [0.1, 0.15) is 0 Å². The second-order valence-electron chi connectivity index (χ2n) is 5.66. The Hall–Kier alpha value is -0.650. The van der Waals surface area contributed by atoms with Crippen LogP contribution in [0.25, 0.3) is 0 Å². The van der Waals surface area contributed by atoms with Gasteiger partial charge in [-0.25, -0.2) is 0 Å². The molecule has 0 saturated carbocycles. The van der Waals surface area contributed by atoms with Gasteiger partial charge in [-0.3, -0.25) is 9.69 Å². The lowest BCUT2D eigenvalue weighted by molar-refractivity contribution is -0.133. The van der Waals surface area contributed by atoms with Crippen LogP contribution in [0.5, 0.6) is 0 Å². The zero-order chi connectivity index (χ0) is 13.0. The Morgan fingerprint density at radius 2 is 2.00 bits per heavy atom. The molecular weight excluding hydrogens is 228 g/mol. The van der Waals surface area contributed by atoms with Gasteiger partial charge >= 0.3 is 0 Å². The molecule has 1 atom stereocenters. The molecule has 0 aromatic heterocycles. The van der Waals surface area contributed by atoms with Crippen LogP contribution in [-0.2, 0) is 4.79 Å². The van der Waals surface area contributed by atoms with Gasteiger partial charge < -0.3 is 15.1 Å².